The molecule has 2 aromatic carbocycles. The number of benzene rings is 2. The molecular formula is C20H19N3O5. The average Bonchev–Trinajstić information content (AvgIpc) is 2.71. The fourth-order valence-electron chi connectivity index (χ4n) is 3.27. The second kappa shape index (κ2) is 7.22. The third kappa shape index (κ3) is 3.13. The lowest BCUT2D eigenvalue weighted by atomic mass is 10.2. The molecule has 0 unspecified atom stereocenters. The van der Waals surface area contributed by atoms with Crippen LogP contribution < -0.4 is 26.0 Å². The highest BCUT2D eigenvalue weighted by molar-refractivity contribution is 5.92. The number of ether oxygens (including phenoxy) is 2. The van der Waals surface area contributed by atoms with Crippen molar-refractivity contribution in [2.45, 2.75) is 20.0 Å². The van der Waals surface area contributed by atoms with Gasteiger partial charge in [-0.1, -0.05) is 12.1 Å². The molecule has 0 saturated carbocycles. The van der Waals surface area contributed by atoms with E-state index in [0.717, 1.165) is 4.57 Å². The molecule has 8 heteroatoms. The van der Waals surface area contributed by atoms with Gasteiger partial charge in [-0.15, -0.1) is 0 Å². The number of fused-ring (bicyclic) bond motifs is 2. The molecule has 144 valence electrons. The highest BCUT2D eigenvalue weighted by Gasteiger charge is 2.16. The van der Waals surface area contributed by atoms with E-state index in [2.05, 4.69) is 5.32 Å². The van der Waals surface area contributed by atoms with Crippen LogP contribution in [0.2, 0.25) is 0 Å². The van der Waals surface area contributed by atoms with E-state index in [-0.39, 0.29) is 24.6 Å². The first-order valence-electron chi connectivity index (χ1n) is 9.00. The predicted octanol–water partition coefficient (Wildman–Crippen LogP) is 1.59. The van der Waals surface area contributed by atoms with Crippen LogP contribution in [0, 0.1) is 0 Å². The Kier molecular flexibility index (Phi) is 4.60. The van der Waals surface area contributed by atoms with E-state index in [1.165, 1.54) is 4.57 Å². The zero-order valence-electron chi connectivity index (χ0n) is 15.3. The summed E-state index contributed by atoms with van der Waals surface area (Å²) in [5.41, 5.74) is 0.102. The molecule has 1 aliphatic rings. The summed E-state index contributed by atoms with van der Waals surface area (Å²) in [6, 6.07) is 11.9. The monoisotopic (exact) mass is 381 g/mol. The zero-order chi connectivity index (χ0) is 19.7. The molecule has 4 rings (SSSR count). The summed E-state index contributed by atoms with van der Waals surface area (Å²) in [7, 11) is 0. The summed E-state index contributed by atoms with van der Waals surface area (Å²) in [6.45, 7) is 2.67. The van der Waals surface area contributed by atoms with Crippen LogP contribution in [0.4, 0.5) is 5.69 Å². The lowest BCUT2D eigenvalue weighted by Gasteiger charge is -2.19. The van der Waals surface area contributed by atoms with Crippen molar-refractivity contribution >= 4 is 22.5 Å². The molecule has 2 heterocycles. The van der Waals surface area contributed by atoms with Crippen LogP contribution in [-0.4, -0.2) is 28.3 Å². The van der Waals surface area contributed by atoms with Gasteiger partial charge in [0, 0.05) is 18.3 Å². The summed E-state index contributed by atoms with van der Waals surface area (Å²) in [6.07, 6.45) is 0. The standard InChI is InChI=1S/C20H19N3O5/c1-2-22-19(25)14-5-3-4-6-15(14)23(20(22)26)12-18(24)21-13-7-8-16-17(11-13)28-10-9-27-16/h3-8,11H,2,9-10,12H2,1H3,(H,21,24). The van der Waals surface area contributed by atoms with Gasteiger partial charge in [0.05, 0.1) is 10.9 Å². The summed E-state index contributed by atoms with van der Waals surface area (Å²) >= 11 is 0. The van der Waals surface area contributed by atoms with E-state index in [0.29, 0.717) is 41.3 Å². The van der Waals surface area contributed by atoms with Crippen LogP contribution in [0.3, 0.4) is 0 Å². The van der Waals surface area contributed by atoms with Gasteiger partial charge in [0.15, 0.2) is 11.5 Å². The number of hydrogen-bond donors (Lipinski definition) is 1. The van der Waals surface area contributed by atoms with Crippen LogP contribution in [0.25, 0.3) is 10.9 Å². The number of anilines is 1. The van der Waals surface area contributed by atoms with E-state index in [1.54, 1.807) is 49.4 Å². The van der Waals surface area contributed by atoms with Crippen molar-refractivity contribution in [1.82, 2.24) is 9.13 Å². The molecule has 0 atom stereocenters. The first kappa shape index (κ1) is 17.8. The Hall–Kier alpha value is -3.55. The first-order valence-corrected chi connectivity index (χ1v) is 9.00. The summed E-state index contributed by atoms with van der Waals surface area (Å²) in [5.74, 6) is 0.804. The SMILES string of the molecule is CCn1c(=O)c2ccccc2n(CC(=O)Nc2ccc3c(c2)OCCO3)c1=O. The molecule has 0 saturated heterocycles. The van der Waals surface area contributed by atoms with Crippen molar-refractivity contribution in [2.75, 3.05) is 18.5 Å². The summed E-state index contributed by atoms with van der Waals surface area (Å²) in [5, 5.41) is 3.16. The fraction of sp³-hybridized carbons (Fsp3) is 0.250. The van der Waals surface area contributed by atoms with Crippen molar-refractivity contribution in [3.8, 4) is 11.5 Å². The second-order valence-corrected chi connectivity index (χ2v) is 6.34. The number of hydrogen-bond acceptors (Lipinski definition) is 5. The topological polar surface area (TPSA) is 91.6 Å². The van der Waals surface area contributed by atoms with E-state index >= 15 is 0 Å². The lowest BCUT2D eigenvalue weighted by molar-refractivity contribution is -0.116. The molecule has 1 amide bonds. The number of nitrogens with one attached hydrogen (secondary N) is 1. The number of carbonyl (C=O) groups excluding carboxylic acids is 1. The minimum Gasteiger partial charge on any atom is -0.486 e. The van der Waals surface area contributed by atoms with Crippen LogP contribution in [0.5, 0.6) is 11.5 Å². The van der Waals surface area contributed by atoms with E-state index in [4.69, 9.17) is 9.47 Å². The Labute approximate surface area is 159 Å². The van der Waals surface area contributed by atoms with Gasteiger partial charge in [-0.05, 0) is 31.2 Å². The van der Waals surface area contributed by atoms with Gasteiger partial charge >= 0.3 is 5.69 Å². The van der Waals surface area contributed by atoms with Crippen LogP contribution in [0.15, 0.2) is 52.1 Å². The van der Waals surface area contributed by atoms with Gasteiger partial charge < -0.3 is 14.8 Å². The van der Waals surface area contributed by atoms with E-state index < -0.39 is 5.69 Å². The Balaban J connectivity index is 1.66. The number of aromatic nitrogens is 2. The molecule has 0 bridgehead atoms. The van der Waals surface area contributed by atoms with Crippen molar-refractivity contribution in [2.24, 2.45) is 0 Å². The molecule has 1 aliphatic heterocycles. The largest absolute Gasteiger partial charge is 0.486 e. The molecule has 0 radical (unpaired) electrons. The molecule has 0 aliphatic carbocycles. The van der Waals surface area contributed by atoms with Crippen molar-refractivity contribution in [3.05, 3.63) is 63.3 Å². The van der Waals surface area contributed by atoms with Crippen LogP contribution >= 0.6 is 0 Å². The number of nitrogens with zero attached hydrogens (tertiary/aromatic N) is 2. The molecular weight excluding hydrogens is 362 g/mol. The summed E-state index contributed by atoms with van der Waals surface area (Å²) < 4.78 is 13.4. The number of rotatable bonds is 4. The molecule has 0 spiro atoms. The Morgan fingerprint density at radius 3 is 2.57 bits per heavy atom. The van der Waals surface area contributed by atoms with E-state index in [1.807, 2.05) is 0 Å². The maximum Gasteiger partial charge on any atom is 0.331 e. The fourth-order valence-corrected chi connectivity index (χ4v) is 3.27. The number of para-hydroxylation sites is 1. The van der Waals surface area contributed by atoms with Gasteiger partial charge in [0.25, 0.3) is 5.56 Å². The molecule has 3 aromatic rings. The highest BCUT2D eigenvalue weighted by Crippen LogP contribution is 2.32. The van der Waals surface area contributed by atoms with Gasteiger partial charge in [-0.25, -0.2) is 4.79 Å². The van der Waals surface area contributed by atoms with Gasteiger partial charge in [-0.2, -0.15) is 0 Å². The highest BCUT2D eigenvalue weighted by atomic mass is 16.6. The average molecular weight is 381 g/mol. The molecule has 1 N–H and O–H groups in total. The van der Waals surface area contributed by atoms with Crippen LogP contribution in [-0.2, 0) is 17.9 Å². The smallest absolute Gasteiger partial charge is 0.331 e. The van der Waals surface area contributed by atoms with Crippen molar-refractivity contribution in [1.29, 1.82) is 0 Å². The minimum atomic E-state index is -0.511. The van der Waals surface area contributed by atoms with Gasteiger partial charge in [-0.3, -0.25) is 18.7 Å². The summed E-state index contributed by atoms with van der Waals surface area (Å²) in [4.78, 5) is 37.8. The number of amides is 1. The molecule has 1 aromatic heterocycles. The lowest BCUT2D eigenvalue weighted by Crippen LogP contribution is -2.41. The van der Waals surface area contributed by atoms with Gasteiger partial charge in [0.2, 0.25) is 5.91 Å². The van der Waals surface area contributed by atoms with Crippen molar-refractivity contribution in [3.63, 3.8) is 0 Å². The Morgan fingerprint density at radius 1 is 1.04 bits per heavy atom. The molecule has 0 fully saturated rings. The Morgan fingerprint density at radius 2 is 1.79 bits per heavy atom. The second-order valence-electron chi connectivity index (χ2n) is 6.34. The predicted molar refractivity (Wildman–Crippen MR) is 104 cm³/mol. The van der Waals surface area contributed by atoms with Gasteiger partial charge in [0.1, 0.15) is 19.8 Å². The van der Waals surface area contributed by atoms with Crippen LogP contribution in [0.1, 0.15) is 6.92 Å². The zero-order valence-corrected chi connectivity index (χ0v) is 15.3. The van der Waals surface area contributed by atoms with E-state index in [9.17, 15) is 14.4 Å². The third-order valence-electron chi connectivity index (χ3n) is 4.58. The Bertz CT molecular complexity index is 1180. The molecule has 8 nitrogen and oxygen atoms in total. The maximum absolute atomic E-state index is 12.7. The third-order valence-corrected chi connectivity index (χ3v) is 4.58. The molecule has 28 heavy (non-hydrogen) atoms. The van der Waals surface area contributed by atoms with Crippen molar-refractivity contribution < 1.29 is 14.3 Å². The first-order chi connectivity index (χ1) is 13.6. The normalized spacial score (nSPS) is 12.8. The maximum atomic E-state index is 12.7. The minimum absolute atomic E-state index is 0.214. The quantitative estimate of drug-likeness (QED) is 0.741. The number of carbonyl (C=O) groups is 1.